The predicted molar refractivity (Wildman–Crippen MR) is 98.7 cm³/mol. The van der Waals surface area contributed by atoms with Crippen molar-refractivity contribution >= 4 is 17.4 Å². The zero-order valence-corrected chi connectivity index (χ0v) is 14.8. The van der Waals surface area contributed by atoms with Crippen LogP contribution in [0.15, 0.2) is 54.6 Å². The lowest BCUT2D eigenvalue weighted by molar-refractivity contribution is -0.117. The topological polar surface area (TPSA) is 69.6 Å². The number of ketones is 1. The normalized spacial score (nSPS) is 11.4. The maximum atomic E-state index is 12.7. The minimum Gasteiger partial charge on any atom is -0.389 e. The Morgan fingerprint density at radius 1 is 1.04 bits per heavy atom. The van der Waals surface area contributed by atoms with Gasteiger partial charge in [-0.3, -0.25) is 14.5 Å². The summed E-state index contributed by atoms with van der Waals surface area (Å²) < 4.78 is 0. The number of aliphatic hydroxyl groups is 1. The van der Waals surface area contributed by atoms with Gasteiger partial charge in [0.15, 0.2) is 5.78 Å². The highest BCUT2D eigenvalue weighted by molar-refractivity contribution is 6.13. The first-order valence-electron chi connectivity index (χ1n) is 8.16. The largest absolute Gasteiger partial charge is 0.389 e. The van der Waals surface area contributed by atoms with Crippen molar-refractivity contribution in [2.24, 2.45) is 0 Å². The molecule has 0 aliphatic heterocycles. The minimum absolute atomic E-state index is 0.123. The third-order valence-corrected chi connectivity index (χ3v) is 3.55. The van der Waals surface area contributed by atoms with E-state index in [2.05, 4.69) is 5.32 Å². The molecule has 0 unspecified atom stereocenters. The summed E-state index contributed by atoms with van der Waals surface area (Å²) in [6.45, 7) is 3.87. The van der Waals surface area contributed by atoms with Gasteiger partial charge in [0, 0.05) is 17.7 Å². The number of carbonyl (C=O) groups is 2. The molecule has 0 fully saturated rings. The summed E-state index contributed by atoms with van der Waals surface area (Å²) in [6.07, 6.45) is 0. The number of nitrogens with one attached hydrogen (secondary N) is 1. The Hall–Kier alpha value is -2.50. The Balaban J connectivity index is 2.10. The van der Waals surface area contributed by atoms with Crippen LogP contribution in [0, 0.1) is 0 Å². The molecule has 0 radical (unpaired) electrons. The van der Waals surface area contributed by atoms with E-state index in [4.69, 9.17) is 0 Å². The van der Waals surface area contributed by atoms with Gasteiger partial charge >= 0.3 is 0 Å². The summed E-state index contributed by atoms with van der Waals surface area (Å²) in [5.41, 5.74) is 0.629. The van der Waals surface area contributed by atoms with E-state index in [9.17, 15) is 14.7 Å². The van der Waals surface area contributed by atoms with Crippen LogP contribution in [0.2, 0.25) is 0 Å². The molecular formula is C20H24N2O3. The van der Waals surface area contributed by atoms with Gasteiger partial charge in [0.25, 0.3) is 0 Å². The number of anilines is 1. The highest BCUT2D eigenvalue weighted by Crippen LogP contribution is 2.19. The van der Waals surface area contributed by atoms with E-state index in [0.717, 1.165) is 0 Å². The van der Waals surface area contributed by atoms with Crippen molar-refractivity contribution in [1.29, 1.82) is 0 Å². The quantitative estimate of drug-likeness (QED) is 0.760. The van der Waals surface area contributed by atoms with Crippen molar-refractivity contribution in [2.75, 3.05) is 25.5 Å². The molecule has 2 N–H and O–H groups in total. The Morgan fingerprint density at radius 2 is 1.64 bits per heavy atom. The number of likely N-dealkylation sites (N-methyl/N-ethyl adjacent to an activating group) is 1. The number of rotatable bonds is 7. The van der Waals surface area contributed by atoms with Crippen molar-refractivity contribution in [3.8, 4) is 0 Å². The summed E-state index contributed by atoms with van der Waals surface area (Å²) >= 11 is 0. The standard InChI is InChI=1S/C20H24N2O3/c1-20(2,25)14-22(3)13-18(23)21-17-12-8-7-11-16(17)19(24)15-9-5-4-6-10-15/h4-12,25H,13-14H2,1-3H3,(H,21,23). The molecule has 0 atom stereocenters. The van der Waals surface area contributed by atoms with Gasteiger partial charge < -0.3 is 10.4 Å². The van der Waals surface area contributed by atoms with E-state index < -0.39 is 5.60 Å². The van der Waals surface area contributed by atoms with Crippen molar-refractivity contribution in [3.63, 3.8) is 0 Å². The fourth-order valence-electron chi connectivity index (χ4n) is 2.69. The minimum atomic E-state index is -0.879. The number of para-hydroxylation sites is 1. The second kappa shape index (κ2) is 8.05. The van der Waals surface area contributed by atoms with E-state index in [1.165, 1.54) is 0 Å². The molecule has 5 nitrogen and oxygen atoms in total. The zero-order valence-electron chi connectivity index (χ0n) is 14.8. The molecule has 2 aromatic carbocycles. The maximum absolute atomic E-state index is 12.7. The van der Waals surface area contributed by atoms with Crippen LogP contribution < -0.4 is 5.32 Å². The van der Waals surface area contributed by atoms with E-state index in [1.807, 2.05) is 6.07 Å². The lowest BCUT2D eigenvalue weighted by Gasteiger charge is -2.25. The average molecular weight is 340 g/mol. The zero-order chi connectivity index (χ0) is 18.4. The molecule has 0 heterocycles. The van der Waals surface area contributed by atoms with E-state index >= 15 is 0 Å². The van der Waals surface area contributed by atoms with E-state index in [0.29, 0.717) is 23.4 Å². The molecule has 0 saturated heterocycles. The third-order valence-electron chi connectivity index (χ3n) is 3.55. The lowest BCUT2D eigenvalue weighted by atomic mass is 10.0. The monoisotopic (exact) mass is 340 g/mol. The van der Waals surface area contributed by atoms with Crippen LogP contribution in [0.4, 0.5) is 5.69 Å². The highest BCUT2D eigenvalue weighted by atomic mass is 16.3. The molecule has 0 bridgehead atoms. The van der Waals surface area contributed by atoms with Crippen molar-refractivity contribution in [2.45, 2.75) is 19.4 Å². The van der Waals surface area contributed by atoms with E-state index in [1.54, 1.807) is 74.3 Å². The van der Waals surface area contributed by atoms with Crippen LogP contribution in [0.25, 0.3) is 0 Å². The molecule has 0 spiro atoms. The molecule has 25 heavy (non-hydrogen) atoms. The van der Waals surface area contributed by atoms with Crippen molar-refractivity contribution < 1.29 is 14.7 Å². The molecule has 5 heteroatoms. The number of amides is 1. The molecule has 0 aliphatic carbocycles. The smallest absolute Gasteiger partial charge is 0.238 e. The lowest BCUT2D eigenvalue weighted by Crippen LogP contribution is -2.40. The molecule has 0 aliphatic rings. The second-order valence-electron chi connectivity index (χ2n) is 6.77. The Kier molecular flexibility index (Phi) is 6.07. The molecule has 1 amide bonds. The number of hydrogen-bond acceptors (Lipinski definition) is 4. The van der Waals surface area contributed by atoms with Gasteiger partial charge in [-0.1, -0.05) is 42.5 Å². The number of carbonyl (C=O) groups excluding carboxylic acids is 2. The first-order chi connectivity index (χ1) is 11.8. The highest BCUT2D eigenvalue weighted by Gasteiger charge is 2.19. The van der Waals surface area contributed by atoms with Crippen molar-refractivity contribution in [1.82, 2.24) is 4.90 Å². The molecule has 0 aromatic heterocycles. The predicted octanol–water partition coefficient (Wildman–Crippen LogP) is 2.56. The number of benzene rings is 2. The summed E-state index contributed by atoms with van der Waals surface area (Å²) in [5, 5.41) is 12.6. The van der Waals surface area contributed by atoms with Crippen molar-refractivity contribution in [3.05, 3.63) is 65.7 Å². The molecule has 0 saturated carbocycles. The van der Waals surface area contributed by atoms with Crippen LogP contribution in [0.3, 0.4) is 0 Å². The molecule has 2 aromatic rings. The van der Waals surface area contributed by atoms with Gasteiger partial charge in [-0.15, -0.1) is 0 Å². The molecular weight excluding hydrogens is 316 g/mol. The Bertz CT molecular complexity index is 736. The van der Waals surface area contributed by atoms with Crippen LogP contribution in [-0.2, 0) is 4.79 Å². The van der Waals surface area contributed by atoms with Gasteiger partial charge in [-0.2, -0.15) is 0 Å². The average Bonchev–Trinajstić information content (AvgIpc) is 2.53. The summed E-state index contributed by atoms with van der Waals surface area (Å²) in [4.78, 5) is 26.7. The fraction of sp³-hybridized carbons (Fsp3) is 0.300. The fourth-order valence-corrected chi connectivity index (χ4v) is 2.69. The van der Waals surface area contributed by atoms with Gasteiger partial charge in [-0.25, -0.2) is 0 Å². The van der Waals surface area contributed by atoms with Gasteiger partial charge in [0.2, 0.25) is 5.91 Å². The second-order valence-corrected chi connectivity index (χ2v) is 6.77. The third kappa shape index (κ3) is 5.81. The van der Waals surface area contributed by atoms with Gasteiger partial charge in [0.1, 0.15) is 0 Å². The van der Waals surface area contributed by atoms with Gasteiger partial charge in [0.05, 0.1) is 17.8 Å². The molecule has 2 rings (SSSR count). The Morgan fingerprint density at radius 3 is 2.28 bits per heavy atom. The van der Waals surface area contributed by atoms with Crippen LogP contribution in [0.1, 0.15) is 29.8 Å². The van der Waals surface area contributed by atoms with E-state index in [-0.39, 0.29) is 18.2 Å². The summed E-state index contributed by atoms with van der Waals surface area (Å²) in [7, 11) is 1.76. The van der Waals surface area contributed by atoms with Crippen LogP contribution in [0.5, 0.6) is 0 Å². The molecule has 132 valence electrons. The first-order valence-corrected chi connectivity index (χ1v) is 8.16. The van der Waals surface area contributed by atoms with Gasteiger partial charge in [-0.05, 0) is 33.0 Å². The van der Waals surface area contributed by atoms with Crippen LogP contribution in [-0.4, -0.2) is 47.4 Å². The summed E-state index contributed by atoms with van der Waals surface area (Å²) in [6, 6.07) is 15.9. The maximum Gasteiger partial charge on any atom is 0.238 e. The number of hydrogen-bond donors (Lipinski definition) is 2. The SMILES string of the molecule is CN(CC(=O)Nc1ccccc1C(=O)c1ccccc1)CC(C)(C)O. The first kappa shape index (κ1) is 18.8. The Labute approximate surface area is 148 Å². The summed E-state index contributed by atoms with van der Waals surface area (Å²) in [5.74, 6) is -0.374. The number of nitrogens with zero attached hydrogens (tertiary/aromatic N) is 1. The van der Waals surface area contributed by atoms with Crippen LogP contribution >= 0.6 is 0 Å².